The van der Waals surface area contributed by atoms with E-state index in [2.05, 4.69) is 21.2 Å². The van der Waals surface area contributed by atoms with Crippen LogP contribution in [0.25, 0.3) is 0 Å². The number of nitrogens with zero attached hydrogens (tertiary/aromatic N) is 1. The van der Waals surface area contributed by atoms with Crippen molar-refractivity contribution in [1.29, 1.82) is 0 Å². The Hall–Kier alpha value is -0.430. The molecule has 104 valence electrons. The van der Waals surface area contributed by atoms with Gasteiger partial charge in [0.15, 0.2) is 0 Å². The Morgan fingerprint density at radius 3 is 2.47 bits per heavy atom. The van der Waals surface area contributed by atoms with E-state index < -0.39 is 10.0 Å². The summed E-state index contributed by atoms with van der Waals surface area (Å²) >= 11 is 3.37. The van der Waals surface area contributed by atoms with Gasteiger partial charge in [0.25, 0.3) is 0 Å². The van der Waals surface area contributed by atoms with E-state index in [-0.39, 0.29) is 0 Å². The molecule has 0 aliphatic carbocycles. The van der Waals surface area contributed by atoms with Crippen LogP contribution in [-0.2, 0) is 10.0 Å². The number of nitrogens with one attached hydrogen (secondary N) is 1. The normalized spacial score (nSPS) is 27.7. The number of hydrogen-bond donors (Lipinski definition) is 1. The fourth-order valence-corrected chi connectivity index (χ4v) is 5.67. The number of benzene rings is 1. The fourth-order valence-electron chi connectivity index (χ4n) is 2.96. The number of rotatable bonds is 2. The van der Waals surface area contributed by atoms with Gasteiger partial charge in [-0.2, -0.15) is 4.31 Å². The van der Waals surface area contributed by atoms with Crippen molar-refractivity contribution in [2.24, 2.45) is 11.8 Å². The van der Waals surface area contributed by atoms with Crippen molar-refractivity contribution in [3.63, 3.8) is 0 Å². The average Bonchev–Trinajstić information content (AvgIpc) is 2.87. The summed E-state index contributed by atoms with van der Waals surface area (Å²) in [6.07, 6.45) is 0. The summed E-state index contributed by atoms with van der Waals surface area (Å²) < 4.78 is 27.6. The van der Waals surface area contributed by atoms with Crippen molar-refractivity contribution < 1.29 is 8.42 Å². The second-order valence-electron chi connectivity index (χ2n) is 5.43. The van der Waals surface area contributed by atoms with Gasteiger partial charge < -0.3 is 5.32 Å². The van der Waals surface area contributed by atoms with Crippen LogP contribution in [0, 0.1) is 18.8 Å². The molecule has 2 fully saturated rings. The summed E-state index contributed by atoms with van der Waals surface area (Å²) in [4.78, 5) is 0.381. The summed E-state index contributed by atoms with van der Waals surface area (Å²) in [6.45, 7) is 5.10. The lowest BCUT2D eigenvalue weighted by molar-refractivity contribution is 0.447. The number of hydrogen-bond acceptors (Lipinski definition) is 3. The van der Waals surface area contributed by atoms with Crippen LogP contribution in [0.2, 0.25) is 0 Å². The van der Waals surface area contributed by atoms with Crippen LogP contribution in [0.1, 0.15) is 5.56 Å². The van der Waals surface area contributed by atoms with Crippen LogP contribution in [0.5, 0.6) is 0 Å². The van der Waals surface area contributed by atoms with Crippen LogP contribution in [0.3, 0.4) is 0 Å². The molecule has 2 heterocycles. The van der Waals surface area contributed by atoms with Crippen molar-refractivity contribution in [2.45, 2.75) is 11.8 Å². The lowest BCUT2D eigenvalue weighted by atomic mass is 10.0. The fraction of sp³-hybridized carbons (Fsp3) is 0.538. The summed E-state index contributed by atoms with van der Waals surface area (Å²) in [6, 6.07) is 5.39. The molecule has 19 heavy (non-hydrogen) atoms. The van der Waals surface area contributed by atoms with Gasteiger partial charge in [-0.1, -0.05) is 6.07 Å². The lowest BCUT2D eigenvalue weighted by Gasteiger charge is -2.18. The minimum atomic E-state index is -3.37. The first-order chi connectivity index (χ1) is 8.98. The molecule has 1 aromatic rings. The molecule has 0 unspecified atom stereocenters. The van der Waals surface area contributed by atoms with Gasteiger partial charge in [0, 0.05) is 17.6 Å². The minimum Gasteiger partial charge on any atom is -0.316 e. The Bertz CT molecular complexity index is 591. The van der Waals surface area contributed by atoms with E-state index in [4.69, 9.17) is 0 Å². The Morgan fingerprint density at radius 1 is 1.26 bits per heavy atom. The van der Waals surface area contributed by atoms with Gasteiger partial charge in [0.1, 0.15) is 0 Å². The smallest absolute Gasteiger partial charge is 0.244 e. The van der Waals surface area contributed by atoms with Crippen molar-refractivity contribution >= 4 is 26.0 Å². The highest BCUT2D eigenvalue weighted by Crippen LogP contribution is 2.33. The first-order valence-corrected chi connectivity index (χ1v) is 8.69. The van der Waals surface area contributed by atoms with E-state index in [1.807, 2.05) is 19.1 Å². The molecule has 0 bridgehead atoms. The Kier molecular flexibility index (Phi) is 3.45. The molecule has 1 N–H and O–H groups in total. The highest BCUT2D eigenvalue weighted by atomic mass is 79.9. The van der Waals surface area contributed by atoms with Crippen LogP contribution >= 0.6 is 15.9 Å². The van der Waals surface area contributed by atoms with Gasteiger partial charge in [0.2, 0.25) is 10.0 Å². The van der Waals surface area contributed by atoms with E-state index in [1.165, 1.54) is 0 Å². The van der Waals surface area contributed by atoms with E-state index >= 15 is 0 Å². The van der Waals surface area contributed by atoms with Crippen molar-refractivity contribution in [3.05, 3.63) is 28.2 Å². The Labute approximate surface area is 122 Å². The van der Waals surface area contributed by atoms with Crippen molar-refractivity contribution in [1.82, 2.24) is 9.62 Å². The van der Waals surface area contributed by atoms with Gasteiger partial charge in [-0.15, -0.1) is 0 Å². The van der Waals surface area contributed by atoms with Crippen LogP contribution in [0.4, 0.5) is 0 Å². The molecule has 2 atom stereocenters. The zero-order valence-electron chi connectivity index (χ0n) is 10.8. The Balaban J connectivity index is 1.91. The molecule has 0 aromatic heterocycles. The molecular formula is C13H17BrN2O2S. The van der Waals surface area contributed by atoms with Crippen LogP contribution in [0.15, 0.2) is 27.6 Å². The van der Waals surface area contributed by atoms with Crippen molar-refractivity contribution in [3.8, 4) is 0 Å². The summed E-state index contributed by atoms with van der Waals surface area (Å²) in [5.74, 6) is 0.943. The molecule has 2 aliphatic heterocycles. The topological polar surface area (TPSA) is 49.4 Å². The Morgan fingerprint density at radius 2 is 1.89 bits per heavy atom. The van der Waals surface area contributed by atoms with Gasteiger partial charge in [-0.3, -0.25) is 0 Å². The molecule has 1 aromatic carbocycles. The maximum Gasteiger partial charge on any atom is 0.244 e. The van der Waals surface area contributed by atoms with Gasteiger partial charge in [-0.05, 0) is 65.5 Å². The lowest BCUT2D eigenvalue weighted by Crippen LogP contribution is -2.32. The largest absolute Gasteiger partial charge is 0.316 e. The molecule has 6 heteroatoms. The number of halogens is 1. The third kappa shape index (κ3) is 2.35. The average molecular weight is 345 g/mol. The minimum absolute atomic E-state index is 0.381. The van der Waals surface area contributed by atoms with Crippen LogP contribution in [-0.4, -0.2) is 38.9 Å². The molecule has 3 rings (SSSR count). The van der Waals surface area contributed by atoms with Gasteiger partial charge in [0.05, 0.1) is 4.90 Å². The number of aryl methyl sites for hydroxylation is 1. The summed E-state index contributed by atoms with van der Waals surface area (Å²) in [7, 11) is -3.37. The van der Waals surface area contributed by atoms with E-state index in [9.17, 15) is 8.42 Å². The second-order valence-corrected chi connectivity index (χ2v) is 8.19. The third-order valence-electron chi connectivity index (χ3n) is 4.06. The molecule has 0 radical (unpaired) electrons. The standard InChI is InChI=1S/C13H17BrN2O2S/c1-9-2-3-13(12(14)4-9)19(17,18)16-7-10-5-15-6-11(10)8-16/h2-4,10-11,15H,5-8H2,1H3/t10-,11+. The van der Waals surface area contributed by atoms with Crippen molar-refractivity contribution in [2.75, 3.05) is 26.2 Å². The van der Waals surface area contributed by atoms with Gasteiger partial charge in [-0.25, -0.2) is 8.42 Å². The highest BCUT2D eigenvalue weighted by molar-refractivity contribution is 9.10. The first kappa shape index (κ1) is 13.5. The maximum absolute atomic E-state index is 12.7. The first-order valence-electron chi connectivity index (χ1n) is 6.45. The van der Waals surface area contributed by atoms with E-state index in [0.717, 1.165) is 18.7 Å². The maximum atomic E-state index is 12.7. The molecule has 2 aliphatic rings. The number of sulfonamides is 1. The molecule has 0 saturated carbocycles. The highest BCUT2D eigenvalue weighted by Gasteiger charge is 2.41. The van der Waals surface area contributed by atoms with Crippen LogP contribution < -0.4 is 5.32 Å². The molecular weight excluding hydrogens is 328 g/mol. The molecule has 0 amide bonds. The van der Waals surface area contributed by atoms with E-state index in [1.54, 1.807) is 10.4 Å². The predicted octanol–water partition coefficient (Wildman–Crippen LogP) is 1.60. The predicted molar refractivity (Wildman–Crippen MR) is 77.5 cm³/mol. The molecule has 2 saturated heterocycles. The molecule has 4 nitrogen and oxygen atoms in total. The quantitative estimate of drug-likeness (QED) is 0.886. The van der Waals surface area contributed by atoms with E-state index in [0.29, 0.717) is 34.3 Å². The zero-order valence-corrected chi connectivity index (χ0v) is 13.2. The SMILES string of the molecule is Cc1ccc(S(=O)(=O)N2C[C@H]3CNC[C@H]3C2)c(Br)c1. The summed E-state index contributed by atoms with van der Waals surface area (Å²) in [5.41, 5.74) is 1.05. The number of fused-ring (bicyclic) bond motifs is 1. The van der Waals surface area contributed by atoms with Gasteiger partial charge >= 0.3 is 0 Å². The molecule has 0 spiro atoms. The zero-order chi connectivity index (χ0) is 13.6. The third-order valence-corrected chi connectivity index (χ3v) is 6.87. The monoisotopic (exact) mass is 344 g/mol. The summed E-state index contributed by atoms with van der Waals surface area (Å²) in [5, 5.41) is 3.32. The second kappa shape index (κ2) is 4.84.